The average molecular weight is 118 g/mol. The topological polar surface area (TPSA) is 48.9 Å². The molecule has 4 heteroatoms. The molecule has 0 aliphatic rings. The number of rotatable bonds is 0. The van der Waals surface area contributed by atoms with Gasteiger partial charge in [-0.25, -0.2) is 0 Å². The molecule has 1 aromatic heterocycles. The van der Waals surface area contributed by atoms with Crippen molar-refractivity contribution in [2.24, 2.45) is 0 Å². The Morgan fingerprint density at radius 2 is 2.57 bits per heavy atom. The summed E-state index contributed by atoms with van der Waals surface area (Å²) in [5.41, 5.74) is 0. The molecule has 3 nitrogen and oxygen atoms in total. The highest BCUT2D eigenvalue weighted by Crippen LogP contribution is 2.05. The molecule has 0 fully saturated rings. The van der Waals surface area contributed by atoms with E-state index in [-0.39, 0.29) is 11.2 Å². The van der Waals surface area contributed by atoms with Crippen LogP contribution in [-0.2, 0) is 0 Å². The molecule has 0 spiro atoms. The molecule has 0 aromatic carbocycles. The minimum Gasteiger partial charge on any atom is -0.480 e. The molecule has 0 unspecified atom stereocenters. The Bertz CT molecular complexity index is 145. The molecule has 1 aromatic rings. The Labute approximate surface area is 45.0 Å². The van der Waals surface area contributed by atoms with Crippen molar-refractivity contribution in [3.05, 3.63) is 11.3 Å². The monoisotopic (exact) mass is 117 g/mol. The van der Waals surface area contributed by atoms with Gasteiger partial charge in [-0.1, -0.05) is 11.6 Å². The van der Waals surface area contributed by atoms with Gasteiger partial charge < -0.3 is 5.11 Å². The van der Waals surface area contributed by atoms with Gasteiger partial charge in [0.05, 0.1) is 0 Å². The summed E-state index contributed by atoms with van der Waals surface area (Å²) in [5.74, 6) is 0. The second-order valence-electron chi connectivity index (χ2n) is 0.986. The van der Waals surface area contributed by atoms with Crippen LogP contribution in [0.2, 0.25) is 5.15 Å². The number of H-pyrrole nitrogens is 1. The lowest BCUT2D eigenvalue weighted by molar-refractivity contribution is 0.436. The first-order valence-corrected chi connectivity index (χ1v) is 1.99. The zero-order chi connectivity index (χ0) is 5.28. The van der Waals surface area contributed by atoms with Crippen molar-refractivity contribution in [1.29, 1.82) is 0 Å². The highest BCUT2D eigenvalue weighted by Gasteiger charge is 1.90. The van der Waals surface area contributed by atoms with Gasteiger partial charge in [-0.2, -0.15) is 4.98 Å². The average Bonchev–Trinajstić information content (AvgIpc) is 1.87. The van der Waals surface area contributed by atoms with Crippen LogP contribution in [0.5, 0.6) is 6.01 Å². The Morgan fingerprint density at radius 3 is 2.71 bits per heavy atom. The minimum absolute atomic E-state index is 0.204. The molecule has 0 aliphatic carbocycles. The van der Waals surface area contributed by atoms with Crippen LogP contribution in [0.4, 0.5) is 0 Å². The molecule has 0 bridgehead atoms. The maximum atomic E-state index is 8.37. The highest BCUT2D eigenvalue weighted by atomic mass is 35.5. The summed E-state index contributed by atoms with van der Waals surface area (Å²) in [4.78, 5) is 5.55. The lowest BCUT2D eigenvalue weighted by atomic mass is 11.0. The van der Waals surface area contributed by atoms with E-state index in [9.17, 15) is 0 Å². The third-order valence-electron chi connectivity index (χ3n) is 0.482. The molecule has 1 heterocycles. The largest absolute Gasteiger partial charge is 0.480 e. The normalized spacial score (nSPS) is 9.29. The molecule has 0 aliphatic heterocycles. The molecule has 1 radical (unpaired) electrons. The zero-order valence-electron chi connectivity index (χ0n) is 3.27. The summed E-state index contributed by atoms with van der Waals surface area (Å²) in [6.45, 7) is 0. The predicted octanol–water partition coefficient (Wildman–Crippen LogP) is 0.569. The first-order valence-electron chi connectivity index (χ1n) is 1.61. The summed E-state index contributed by atoms with van der Waals surface area (Å²) in [7, 11) is 0. The van der Waals surface area contributed by atoms with Crippen molar-refractivity contribution in [2.45, 2.75) is 0 Å². The molecule has 0 atom stereocenters. The fourth-order valence-corrected chi connectivity index (χ4v) is 0.383. The lowest BCUT2D eigenvalue weighted by Gasteiger charge is -1.71. The Morgan fingerprint density at radius 1 is 1.86 bits per heavy atom. The number of nitrogens with zero attached hydrogens (tertiary/aromatic N) is 1. The Kier molecular flexibility index (Phi) is 0.906. The van der Waals surface area contributed by atoms with Crippen LogP contribution in [0.3, 0.4) is 0 Å². The number of aromatic nitrogens is 2. The van der Waals surface area contributed by atoms with Gasteiger partial charge in [0.2, 0.25) is 0 Å². The van der Waals surface area contributed by atoms with Gasteiger partial charge in [-0.3, -0.25) is 4.98 Å². The summed E-state index contributed by atoms with van der Waals surface area (Å²) in [6.07, 6.45) is 2.28. The smallest absolute Gasteiger partial charge is 0.292 e. The maximum absolute atomic E-state index is 8.37. The standard InChI is InChI=1S/C3H2ClN2O/c4-2-1-5-3(7)6-2/h(H2,5,6,7). The van der Waals surface area contributed by atoms with Gasteiger partial charge in [-0.15, -0.1) is 0 Å². The second-order valence-corrected chi connectivity index (χ2v) is 1.36. The molecule has 0 saturated carbocycles. The van der Waals surface area contributed by atoms with E-state index in [2.05, 4.69) is 16.2 Å². The van der Waals surface area contributed by atoms with Crippen LogP contribution in [0.25, 0.3) is 0 Å². The van der Waals surface area contributed by atoms with E-state index in [1.165, 1.54) is 0 Å². The number of hydrogen-bond donors (Lipinski definition) is 2. The predicted molar refractivity (Wildman–Crippen MR) is 24.1 cm³/mol. The van der Waals surface area contributed by atoms with Crippen molar-refractivity contribution in [3.63, 3.8) is 0 Å². The number of aromatic amines is 1. The SMILES string of the molecule is Oc1n[c]c(Cl)[nH]1. The van der Waals surface area contributed by atoms with Gasteiger partial charge in [0, 0.05) is 0 Å². The van der Waals surface area contributed by atoms with Crippen LogP contribution in [0, 0.1) is 6.20 Å². The lowest BCUT2D eigenvalue weighted by Crippen LogP contribution is -1.59. The fraction of sp³-hybridized carbons (Fsp3) is 0. The van der Waals surface area contributed by atoms with E-state index >= 15 is 0 Å². The summed E-state index contributed by atoms with van der Waals surface area (Å²) in [6, 6.07) is -0.204. The third-order valence-corrected chi connectivity index (χ3v) is 0.661. The molecular weight excluding hydrogens is 115 g/mol. The van der Waals surface area contributed by atoms with E-state index in [0.29, 0.717) is 0 Å². The molecule has 37 valence electrons. The van der Waals surface area contributed by atoms with Crippen molar-refractivity contribution >= 4 is 11.6 Å². The highest BCUT2D eigenvalue weighted by molar-refractivity contribution is 6.29. The quantitative estimate of drug-likeness (QED) is 0.522. The first kappa shape index (κ1) is 4.46. The van der Waals surface area contributed by atoms with Gasteiger partial charge in [0.25, 0.3) is 6.01 Å². The van der Waals surface area contributed by atoms with Crippen molar-refractivity contribution in [3.8, 4) is 6.01 Å². The number of hydrogen-bond acceptors (Lipinski definition) is 2. The Hall–Kier alpha value is -0.700. The van der Waals surface area contributed by atoms with Crippen molar-refractivity contribution < 1.29 is 5.11 Å². The Balaban J connectivity index is 3.04. The van der Waals surface area contributed by atoms with Crippen LogP contribution in [-0.4, -0.2) is 15.1 Å². The van der Waals surface area contributed by atoms with Gasteiger partial charge in [-0.05, 0) is 0 Å². The van der Waals surface area contributed by atoms with Gasteiger partial charge >= 0.3 is 0 Å². The zero-order valence-corrected chi connectivity index (χ0v) is 4.03. The van der Waals surface area contributed by atoms with Crippen LogP contribution < -0.4 is 0 Å². The third kappa shape index (κ3) is 0.838. The van der Waals surface area contributed by atoms with E-state index < -0.39 is 0 Å². The van der Waals surface area contributed by atoms with Crippen molar-refractivity contribution in [2.75, 3.05) is 0 Å². The summed E-state index contributed by atoms with van der Waals surface area (Å²) in [5, 5.41) is 8.59. The summed E-state index contributed by atoms with van der Waals surface area (Å²) >= 11 is 5.23. The van der Waals surface area contributed by atoms with E-state index in [4.69, 9.17) is 16.7 Å². The molecule has 1 rings (SSSR count). The van der Waals surface area contributed by atoms with Crippen LogP contribution >= 0.6 is 11.6 Å². The molecule has 2 N–H and O–H groups in total. The number of nitrogens with one attached hydrogen (secondary N) is 1. The first-order chi connectivity index (χ1) is 3.29. The molecular formula is C3H2ClN2O. The number of aromatic hydroxyl groups is 1. The van der Waals surface area contributed by atoms with Crippen LogP contribution in [0.1, 0.15) is 0 Å². The molecule has 7 heavy (non-hydrogen) atoms. The minimum atomic E-state index is -0.204. The van der Waals surface area contributed by atoms with Crippen molar-refractivity contribution in [1.82, 2.24) is 9.97 Å². The van der Waals surface area contributed by atoms with E-state index in [1.807, 2.05) is 0 Å². The molecule has 0 amide bonds. The second kappa shape index (κ2) is 1.42. The number of halogens is 1. The van der Waals surface area contributed by atoms with E-state index in [0.717, 1.165) is 0 Å². The van der Waals surface area contributed by atoms with Gasteiger partial charge in [0.15, 0.2) is 0 Å². The fourth-order valence-electron chi connectivity index (χ4n) is 0.256. The van der Waals surface area contributed by atoms with Crippen LogP contribution in [0.15, 0.2) is 0 Å². The maximum Gasteiger partial charge on any atom is 0.292 e. The van der Waals surface area contributed by atoms with Gasteiger partial charge in [0.1, 0.15) is 11.3 Å². The number of imidazole rings is 1. The summed E-state index contributed by atoms with van der Waals surface area (Å²) < 4.78 is 0. The van der Waals surface area contributed by atoms with E-state index in [1.54, 1.807) is 0 Å². The molecule has 0 saturated heterocycles.